The molecule has 0 spiro atoms. The molecule has 0 saturated heterocycles. The Hall–Kier alpha value is -2.84. The van der Waals surface area contributed by atoms with Crippen LogP contribution in [0.4, 0.5) is 16.2 Å². The fourth-order valence-corrected chi connectivity index (χ4v) is 1.23. The van der Waals surface area contributed by atoms with Crippen molar-refractivity contribution in [2.75, 3.05) is 19.0 Å². The van der Waals surface area contributed by atoms with E-state index in [1.807, 2.05) is 0 Å². The number of ether oxygens (including phenoxy) is 1. The van der Waals surface area contributed by atoms with E-state index in [2.05, 4.69) is 10.6 Å². The SMILES string of the molecule is COc1ccc([N+](=O)[O-])cc1NC(=O)NCC(=O)O. The van der Waals surface area contributed by atoms with Gasteiger partial charge in [0.25, 0.3) is 5.69 Å². The monoisotopic (exact) mass is 269 g/mol. The molecule has 3 N–H and O–H groups in total. The van der Waals surface area contributed by atoms with E-state index in [1.54, 1.807) is 0 Å². The molecule has 1 aromatic carbocycles. The standard InChI is InChI=1S/C10H11N3O6/c1-19-8-3-2-6(13(17)18)4-7(8)12-10(16)11-5-9(14)15/h2-4H,5H2,1H3,(H,14,15)(H2,11,12,16). The molecule has 9 heteroatoms. The van der Waals surface area contributed by atoms with Gasteiger partial charge < -0.3 is 20.5 Å². The summed E-state index contributed by atoms with van der Waals surface area (Å²) in [5, 5.41) is 23.3. The number of rotatable bonds is 5. The van der Waals surface area contributed by atoms with Gasteiger partial charge in [-0.15, -0.1) is 0 Å². The fraction of sp³-hybridized carbons (Fsp3) is 0.200. The summed E-state index contributed by atoms with van der Waals surface area (Å²) < 4.78 is 4.93. The molecule has 0 aliphatic carbocycles. The molecule has 0 aliphatic heterocycles. The Morgan fingerprint density at radius 1 is 1.47 bits per heavy atom. The van der Waals surface area contributed by atoms with Crippen LogP contribution in [0.2, 0.25) is 0 Å². The number of urea groups is 1. The van der Waals surface area contributed by atoms with Crippen LogP contribution in [0, 0.1) is 10.1 Å². The maximum atomic E-state index is 11.4. The first-order valence-corrected chi connectivity index (χ1v) is 5.03. The Bertz CT molecular complexity index is 516. The molecule has 0 unspecified atom stereocenters. The first-order chi connectivity index (χ1) is 8.93. The van der Waals surface area contributed by atoms with Crippen molar-refractivity contribution in [1.82, 2.24) is 5.32 Å². The molecule has 2 amide bonds. The van der Waals surface area contributed by atoms with E-state index in [1.165, 1.54) is 19.2 Å². The topological polar surface area (TPSA) is 131 Å². The number of nitrogens with one attached hydrogen (secondary N) is 2. The number of carbonyl (C=O) groups is 2. The van der Waals surface area contributed by atoms with E-state index >= 15 is 0 Å². The lowest BCUT2D eigenvalue weighted by Gasteiger charge is -2.10. The van der Waals surface area contributed by atoms with E-state index in [9.17, 15) is 19.7 Å². The number of benzene rings is 1. The minimum atomic E-state index is -1.21. The summed E-state index contributed by atoms with van der Waals surface area (Å²) in [6, 6.07) is 2.85. The van der Waals surface area contributed by atoms with Crippen LogP contribution in [0.25, 0.3) is 0 Å². The molecule has 0 atom stereocenters. The minimum absolute atomic E-state index is 0.0691. The third kappa shape index (κ3) is 4.15. The summed E-state index contributed by atoms with van der Waals surface area (Å²) in [4.78, 5) is 31.6. The quantitative estimate of drug-likeness (QED) is 0.535. The normalized spacial score (nSPS) is 9.53. The minimum Gasteiger partial charge on any atom is -0.495 e. The maximum Gasteiger partial charge on any atom is 0.323 e. The zero-order valence-corrected chi connectivity index (χ0v) is 9.87. The number of aliphatic carboxylic acids is 1. The number of carboxylic acids is 1. The second-order valence-electron chi connectivity index (χ2n) is 3.34. The van der Waals surface area contributed by atoms with Crippen LogP contribution in [-0.2, 0) is 4.79 Å². The molecule has 0 radical (unpaired) electrons. The molecule has 0 aliphatic rings. The number of carbonyl (C=O) groups excluding carboxylic acids is 1. The van der Waals surface area contributed by atoms with Gasteiger partial charge in [-0.1, -0.05) is 0 Å². The number of amides is 2. The number of hydrogen-bond acceptors (Lipinski definition) is 5. The predicted octanol–water partition coefficient (Wildman–Crippen LogP) is 0.809. The van der Waals surface area contributed by atoms with Crippen molar-refractivity contribution in [3.63, 3.8) is 0 Å². The summed E-state index contributed by atoms with van der Waals surface area (Å²) in [6.07, 6.45) is 0. The molecular weight excluding hydrogens is 258 g/mol. The first-order valence-electron chi connectivity index (χ1n) is 5.03. The highest BCUT2D eigenvalue weighted by atomic mass is 16.6. The van der Waals surface area contributed by atoms with Crippen LogP contribution in [0.5, 0.6) is 5.75 Å². The Kier molecular flexibility index (Phi) is 4.63. The van der Waals surface area contributed by atoms with Crippen molar-refractivity contribution >= 4 is 23.4 Å². The highest BCUT2D eigenvalue weighted by Crippen LogP contribution is 2.28. The molecule has 0 saturated carbocycles. The average molecular weight is 269 g/mol. The molecule has 1 rings (SSSR count). The molecule has 102 valence electrons. The van der Waals surface area contributed by atoms with Gasteiger partial charge >= 0.3 is 12.0 Å². The third-order valence-electron chi connectivity index (χ3n) is 2.04. The highest BCUT2D eigenvalue weighted by molar-refractivity contribution is 5.93. The molecule has 19 heavy (non-hydrogen) atoms. The first kappa shape index (κ1) is 14.2. The van der Waals surface area contributed by atoms with Gasteiger partial charge in [-0.3, -0.25) is 14.9 Å². The second kappa shape index (κ2) is 6.19. The molecule has 0 bridgehead atoms. The van der Waals surface area contributed by atoms with Crippen LogP contribution in [0.1, 0.15) is 0 Å². The van der Waals surface area contributed by atoms with Gasteiger partial charge in [-0.2, -0.15) is 0 Å². The van der Waals surface area contributed by atoms with Crippen LogP contribution in [0.15, 0.2) is 18.2 Å². The summed E-state index contributed by atoms with van der Waals surface area (Å²) in [5.41, 5.74) is -0.158. The van der Waals surface area contributed by atoms with Gasteiger partial charge in [-0.05, 0) is 6.07 Å². The van der Waals surface area contributed by atoms with Gasteiger partial charge in [0, 0.05) is 12.1 Å². The number of carboxylic acid groups (broad SMARTS) is 1. The van der Waals surface area contributed by atoms with Crippen molar-refractivity contribution in [1.29, 1.82) is 0 Å². The van der Waals surface area contributed by atoms with Crippen molar-refractivity contribution in [3.8, 4) is 5.75 Å². The number of methoxy groups -OCH3 is 1. The number of nitro benzene ring substituents is 1. The molecule has 1 aromatic rings. The van der Waals surface area contributed by atoms with E-state index in [0.29, 0.717) is 0 Å². The molecule has 0 aromatic heterocycles. The van der Waals surface area contributed by atoms with Gasteiger partial charge in [0.15, 0.2) is 0 Å². The summed E-state index contributed by atoms with van der Waals surface area (Å²) in [5.74, 6) is -0.989. The summed E-state index contributed by atoms with van der Waals surface area (Å²) in [7, 11) is 1.33. The Morgan fingerprint density at radius 3 is 2.68 bits per heavy atom. The summed E-state index contributed by atoms with van der Waals surface area (Å²) in [6.45, 7) is -0.566. The number of hydrogen-bond donors (Lipinski definition) is 3. The Labute approximate surface area is 107 Å². The van der Waals surface area contributed by atoms with Crippen molar-refractivity contribution in [3.05, 3.63) is 28.3 Å². The van der Waals surface area contributed by atoms with E-state index in [4.69, 9.17) is 9.84 Å². The zero-order valence-electron chi connectivity index (χ0n) is 9.87. The third-order valence-corrected chi connectivity index (χ3v) is 2.04. The zero-order chi connectivity index (χ0) is 14.4. The van der Waals surface area contributed by atoms with Crippen LogP contribution in [0.3, 0.4) is 0 Å². The van der Waals surface area contributed by atoms with E-state index in [-0.39, 0.29) is 17.1 Å². The summed E-state index contributed by atoms with van der Waals surface area (Å²) >= 11 is 0. The fourth-order valence-electron chi connectivity index (χ4n) is 1.23. The van der Waals surface area contributed by atoms with E-state index in [0.717, 1.165) is 6.07 Å². The van der Waals surface area contributed by atoms with E-state index < -0.39 is 23.5 Å². The smallest absolute Gasteiger partial charge is 0.323 e. The molecule has 9 nitrogen and oxygen atoms in total. The maximum absolute atomic E-state index is 11.4. The van der Waals surface area contributed by atoms with Crippen molar-refractivity contribution in [2.24, 2.45) is 0 Å². The van der Waals surface area contributed by atoms with Gasteiger partial charge in [0.1, 0.15) is 12.3 Å². The van der Waals surface area contributed by atoms with Crippen LogP contribution >= 0.6 is 0 Å². The number of anilines is 1. The molecular formula is C10H11N3O6. The largest absolute Gasteiger partial charge is 0.495 e. The predicted molar refractivity (Wildman–Crippen MR) is 64.3 cm³/mol. The average Bonchev–Trinajstić information content (AvgIpc) is 2.36. The lowest BCUT2D eigenvalue weighted by Crippen LogP contribution is -2.33. The van der Waals surface area contributed by atoms with Gasteiger partial charge in [-0.25, -0.2) is 4.79 Å². The lowest BCUT2D eigenvalue weighted by molar-refractivity contribution is -0.384. The number of nitro groups is 1. The molecule has 0 fully saturated rings. The Balaban J connectivity index is 2.85. The lowest BCUT2D eigenvalue weighted by atomic mass is 10.2. The van der Waals surface area contributed by atoms with Crippen LogP contribution < -0.4 is 15.4 Å². The van der Waals surface area contributed by atoms with Gasteiger partial charge in [0.05, 0.1) is 17.7 Å². The van der Waals surface area contributed by atoms with Crippen molar-refractivity contribution < 1.29 is 24.4 Å². The molecule has 0 heterocycles. The second-order valence-corrected chi connectivity index (χ2v) is 3.34. The number of non-ortho nitro benzene ring substituents is 1. The van der Waals surface area contributed by atoms with Gasteiger partial charge in [0.2, 0.25) is 0 Å². The highest BCUT2D eigenvalue weighted by Gasteiger charge is 2.13. The Morgan fingerprint density at radius 2 is 2.16 bits per heavy atom. The van der Waals surface area contributed by atoms with Crippen molar-refractivity contribution in [2.45, 2.75) is 0 Å². The number of nitrogens with zero attached hydrogens (tertiary/aromatic N) is 1. The van der Waals surface area contributed by atoms with Crippen LogP contribution in [-0.4, -0.2) is 35.7 Å².